The Hall–Kier alpha value is -0.880. The van der Waals surface area contributed by atoms with E-state index < -0.39 is 0 Å². The summed E-state index contributed by atoms with van der Waals surface area (Å²) in [6.45, 7) is 3.04. The molecule has 0 fully saturated rings. The van der Waals surface area contributed by atoms with Crippen LogP contribution in [-0.4, -0.2) is 16.3 Å². The topological polar surface area (TPSA) is 29.9 Å². The van der Waals surface area contributed by atoms with Crippen LogP contribution in [0, 0.1) is 3.57 Å². The van der Waals surface area contributed by atoms with Gasteiger partial charge in [0.05, 0.1) is 11.7 Å². The third-order valence-electron chi connectivity index (χ3n) is 2.64. The lowest BCUT2D eigenvalue weighted by molar-refractivity contribution is 0.600. The highest BCUT2D eigenvalue weighted by atomic mass is 127. The fourth-order valence-electron chi connectivity index (χ4n) is 1.84. The van der Waals surface area contributed by atoms with Crippen molar-refractivity contribution in [3.8, 4) is 0 Å². The molecule has 0 radical (unpaired) electrons. The molecule has 0 aliphatic rings. The van der Waals surface area contributed by atoms with Gasteiger partial charge in [0, 0.05) is 16.8 Å². The standard InChI is InChI=1S/C13H16IN3/c1-3-15-13(12-8-9-17(2)16-12)10-4-6-11(14)7-5-10/h4-9,13,15H,3H2,1-2H3. The molecule has 3 nitrogen and oxygen atoms in total. The molecule has 1 heterocycles. The van der Waals surface area contributed by atoms with E-state index in [4.69, 9.17) is 0 Å². The molecule has 1 aromatic carbocycles. The van der Waals surface area contributed by atoms with Crippen LogP contribution >= 0.6 is 22.6 Å². The van der Waals surface area contributed by atoms with E-state index in [0.717, 1.165) is 12.2 Å². The van der Waals surface area contributed by atoms with Crippen LogP contribution in [0.25, 0.3) is 0 Å². The lowest BCUT2D eigenvalue weighted by Gasteiger charge is -2.16. The second-order valence-corrected chi connectivity index (χ2v) is 5.20. The highest BCUT2D eigenvalue weighted by Crippen LogP contribution is 2.21. The number of aromatic nitrogens is 2. The van der Waals surface area contributed by atoms with Crippen LogP contribution in [0.3, 0.4) is 0 Å². The number of aryl methyl sites for hydroxylation is 1. The second kappa shape index (κ2) is 5.64. The Morgan fingerprint density at radius 1 is 1.29 bits per heavy atom. The van der Waals surface area contributed by atoms with Gasteiger partial charge in [0.15, 0.2) is 0 Å². The minimum atomic E-state index is 0.179. The normalized spacial score (nSPS) is 12.6. The van der Waals surface area contributed by atoms with Gasteiger partial charge in [0.25, 0.3) is 0 Å². The molecule has 2 rings (SSSR count). The van der Waals surface area contributed by atoms with Crippen LogP contribution in [0.15, 0.2) is 36.5 Å². The summed E-state index contributed by atoms with van der Waals surface area (Å²) < 4.78 is 3.09. The minimum absolute atomic E-state index is 0.179. The van der Waals surface area contributed by atoms with Gasteiger partial charge in [-0.25, -0.2) is 0 Å². The van der Waals surface area contributed by atoms with E-state index in [-0.39, 0.29) is 6.04 Å². The quantitative estimate of drug-likeness (QED) is 0.867. The summed E-state index contributed by atoms with van der Waals surface area (Å²) in [5.41, 5.74) is 2.32. The first-order valence-electron chi connectivity index (χ1n) is 5.69. The molecule has 1 unspecified atom stereocenters. The molecule has 2 aromatic rings. The van der Waals surface area contributed by atoms with Crippen LogP contribution in [0.1, 0.15) is 24.2 Å². The predicted molar refractivity (Wildman–Crippen MR) is 77.9 cm³/mol. The zero-order chi connectivity index (χ0) is 12.3. The van der Waals surface area contributed by atoms with Gasteiger partial charge in [-0.2, -0.15) is 5.10 Å². The van der Waals surface area contributed by atoms with E-state index in [2.05, 4.69) is 70.3 Å². The Morgan fingerprint density at radius 2 is 2.00 bits per heavy atom. The maximum absolute atomic E-state index is 4.48. The molecule has 0 bridgehead atoms. The van der Waals surface area contributed by atoms with E-state index in [9.17, 15) is 0 Å². The first-order valence-corrected chi connectivity index (χ1v) is 6.77. The van der Waals surface area contributed by atoms with Crippen LogP contribution < -0.4 is 5.32 Å². The van der Waals surface area contributed by atoms with Crippen molar-refractivity contribution in [2.75, 3.05) is 6.54 Å². The third-order valence-corrected chi connectivity index (χ3v) is 3.36. The molecule has 90 valence electrons. The van der Waals surface area contributed by atoms with Crippen LogP contribution in [0.2, 0.25) is 0 Å². The van der Waals surface area contributed by atoms with E-state index in [1.807, 2.05) is 17.9 Å². The summed E-state index contributed by atoms with van der Waals surface area (Å²) in [5, 5.41) is 7.95. The van der Waals surface area contributed by atoms with Gasteiger partial charge in [-0.15, -0.1) is 0 Å². The SMILES string of the molecule is CCNC(c1ccc(I)cc1)c1ccn(C)n1. The highest BCUT2D eigenvalue weighted by Gasteiger charge is 2.14. The molecule has 0 aliphatic carbocycles. The van der Waals surface area contributed by atoms with Crippen molar-refractivity contribution in [3.05, 3.63) is 51.4 Å². The first kappa shape index (κ1) is 12.6. The molecule has 0 saturated carbocycles. The number of nitrogens with zero attached hydrogens (tertiary/aromatic N) is 2. The largest absolute Gasteiger partial charge is 0.305 e. The molecule has 0 aliphatic heterocycles. The molecule has 4 heteroatoms. The summed E-state index contributed by atoms with van der Waals surface area (Å²) in [6.07, 6.45) is 1.98. The Kier molecular flexibility index (Phi) is 4.17. The number of hydrogen-bond acceptors (Lipinski definition) is 2. The van der Waals surface area contributed by atoms with Gasteiger partial charge in [-0.3, -0.25) is 4.68 Å². The van der Waals surface area contributed by atoms with Crippen molar-refractivity contribution in [1.29, 1.82) is 0 Å². The van der Waals surface area contributed by atoms with Crippen molar-refractivity contribution in [1.82, 2.24) is 15.1 Å². The smallest absolute Gasteiger partial charge is 0.0839 e. The van der Waals surface area contributed by atoms with E-state index in [0.29, 0.717) is 0 Å². The van der Waals surface area contributed by atoms with Crippen LogP contribution in [-0.2, 0) is 7.05 Å². The molecular weight excluding hydrogens is 325 g/mol. The van der Waals surface area contributed by atoms with E-state index >= 15 is 0 Å². The second-order valence-electron chi connectivity index (χ2n) is 3.96. The minimum Gasteiger partial charge on any atom is -0.305 e. The monoisotopic (exact) mass is 341 g/mol. The van der Waals surface area contributed by atoms with Crippen molar-refractivity contribution in [3.63, 3.8) is 0 Å². The van der Waals surface area contributed by atoms with Crippen molar-refractivity contribution in [2.24, 2.45) is 7.05 Å². The van der Waals surface area contributed by atoms with Gasteiger partial charge < -0.3 is 5.32 Å². The molecular formula is C13H16IN3. The summed E-state index contributed by atoms with van der Waals surface area (Å²) >= 11 is 2.32. The molecule has 0 saturated heterocycles. The fraction of sp³-hybridized carbons (Fsp3) is 0.308. The number of hydrogen-bond donors (Lipinski definition) is 1. The average molecular weight is 341 g/mol. The molecule has 17 heavy (non-hydrogen) atoms. The number of nitrogens with one attached hydrogen (secondary N) is 1. The molecule has 0 amide bonds. The third kappa shape index (κ3) is 3.07. The molecule has 0 spiro atoms. The Morgan fingerprint density at radius 3 is 2.53 bits per heavy atom. The van der Waals surface area contributed by atoms with Gasteiger partial charge in [0.1, 0.15) is 0 Å². The summed E-state index contributed by atoms with van der Waals surface area (Å²) in [6, 6.07) is 10.8. The van der Waals surface area contributed by atoms with Gasteiger partial charge in [-0.1, -0.05) is 19.1 Å². The molecule has 1 N–H and O–H groups in total. The van der Waals surface area contributed by atoms with E-state index in [1.54, 1.807) is 0 Å². The summed E-state index contributed by atoms with van der Waals surface area (Å²) in [7, 11) is 1.94. The molecule has 1 aromatic heterocycles. The highest BCUT2D eigenvalue weighted by molar-refractivity contribution is 14.1. The summed E-state index contributed by atoms with van der Waals surface area (Å²) in [4.78, 5) is 0. The number of rotatable bonds is 4. The Bertz CT molecular complexity index is 476. The van der Waals surface area contributed by atoms with Crippen molar-refractivity contribution < 1.29 is 0 Å². The average Bonchev–Trinajstić information content (AvgIpc) is 2.74. The zero-order valence-corrected chi connectivity index (χ0v) is 12.2. The van der Waals surface area contributed by atoms with Crippen molar-refractivity contribution >= 4 is 22.6 Å². The molecule has 1 atom stereocenters. The van der Waals surface area contributed by atoms with Crippen molar-refractivity contribution in [2.45, 2.75) is 13.0 Å². The Balaban J connectivity index is 2.31. The van der Waals surface area contributed by atoms with Gasteiger partial charge in [-0.05, 0) is 52.9 Å². The fourth-order valence-corrected chi connectivity index (χ4v) is 2.20. The Labute approximate surface area is 115 Å². The lowest BCUT2D eigenvalue weighted by Crippen LogP contribution is -2.22. The van der Waals surface area contributed by atoms with Crippen LogP contribution in [0.5, 0.6) is 0 Å². The zero-order valence-electron chi connectivity index (χ0n) is 10.0. The van der Waals surface area contributed by atoms with Gasteiger partial charge >= 0.3 is 0 Å². The van der Waals surface area contributed by atoms with Crippen LogP contribution in [0.4, 0.5) is 0 Å². The first-order chi connectivity index (χ1) is 8.20. The number of halogens is 1. The summed E-state index contributed by atoms with van der Waals surface area (Å²) in [5.74, 6) is 0. The number of benzene rings is 1. The maximum atomic E-state index is 4.48. The van der Waals surface area contributed by atoms with E-state index in [1.165, 1.54) is 9.13 Å². The lowest BCUT2D eigenvalue weighted by atomic mass is 10.0. The maximum Gasteiger partial charge on any atom is 0.0839 e. The van der Waals surface area contributed by atoms with Gasteiger partial charge in [0.2, 0.25) is 0 Å². The predicted octanol–water partition coefficient (Wildman–Crippen LogP) is 2.72.